The molecule has 0 aromatic heterocycles. The number of carboxylic acid groups (broad SMARTS) is 1. The molecule has 3 N–H and O–H groups in total. The number of unbranched alkanes of at least 4 members (excludes halogenated alkanes) is 1. The minimum Gasteiger partial charge on any atom is -0.480 e. The Morgan fingerprint density at radius 3 is 2.70 bits per heavy atom. The molecule has 0 amide bonds. The number of nitrogens with zero attached hydrogens (tertiary/aromatic N) is 2. The first-order valence-corrected chi connectivity index (χ1v) is 6.36. The second-order valence-corrected chi connectivity index (χ2v) is 4.61. The van der Waals surface area contributed by atoms with E-state index in [9.17, 15) is 14.9 Å². The lowest BCUT2D eigenvalue weighted by Crippen LogP contribution is -2.30. The van der Waals surface area contributed by atoms with Gasteiger partial charge in [-0.05, 0) is 25.3 Å². The Morgan fingerprint density at radius 2 is 2.10 bits per heavy atom. The maximum atomic E-state index is 10.9. The molecule has 7 nitrogen and oxygen atoms in total. The number of rotatable bonds is 8. The van der Waals surface area contributed by atoms with Gasteiger partial charge in [-0.25, -0.2) is 0 Å². The summed E-state index contributed by atoms with van der Waals surface area (Å²) in [5.74, 6) is -1.00. The van der Waals surface area contributed by atoms with Crippen LogP contribution in [0.2, 0.25) is 0 Å². The number of aliphatic carboxylic acids is 1. The van der Waals surface area contributed by atoms with Gasteiger partial charge in [0.15, 0.2) is 0 Å². The van der Waals surface area contributed by atoms with Crippen molar-refractivity contribution in [1.29, 1.82) is 0 Å². The van der Waals surface area contributed by atoms with Crippen molar-refractivity contribution >= 4 is 17.3 Å². The molecule has 0 spiro atoms. The van der Waals surface area contributed by atoms with Crippen molar-refractivity contribution in [2.24, 2.45) is 5.73 Å². The third kappa shape index (κ3) is 4.51. The van der Waals surface area contributed by atoms with E-state index in [0.717, 1.165) is 6.42 Å². The van der Waals surface area contributed by atoms with Crippen LogP contribution < -0.4 is 10.6 Å². The molecule has 20 heavy (non-hydrogen) atoms. The topological polar surface area (TPSA) is 110 Å². The second kappa shape index (κ2) is 7.44. The molecule has 0 fully saturated rings. The molecular weight excluding hydrogens is 262 g/mol. The number of carboxylic acids is 1. The Balaban J connectivity index is 2.49. The Labute approximate surface area is 117 Å². The van der Waals surface area contributed by atoms with E-state index in [1.807, 2.05) is 0 Å². The highest BCUT2D eigenvalue weighted by Crippen LogP contribution is 2.26. The molecule has 0 unspecified atom stereocenters. The molecule has 0 heterocycles. The van der Waals surface area contributed by atoms with E-state index in [4.69, 9.17) is 10.8 Å². The van der Waals surface area contributed by atoms with E-state index in [0.29, 0.717) is 25.1 Å². The number of carbonyl (C=O) groups is 1. The van der Waals surface area contributed by atoms with Crippen LogP contribution in [0.25, 0.3) is 0 Å². The van der Waals surface area contributed by atoms with Crippen LogP contribution in [0.1, 0.15) is 19.3 Å². The van der Waals surface area contributed by atoms with Crippen LogP contribution in [-0.2, 0) is 4.79 Å². The quantitative estimate of drug-likeness (QED) is 0.425. The van der Waals surface area contributed by atoms with Crippen molar-refractivity contribution in [2.45, 2.75) is 25.3 Å². The second-order valence-electron chi connectivity index (χ2n) is 4.61. The maximum Gasteiger partial charge on any atom is 0.320 e. The predicted octanol–water partition coefficient (Wildman–Crippen LogP) is 1.61. The lowest BCUT2D eigenvalue weighted by atomic mass is 10.1. The van der Waals surface area contributed by atoms with Gasteiger partial charge in [-0.15, -0.1) is 0 Å². The summed E-state index contributed by atoms with van der Waals surface area (Å²) in [4.78, 5) is 22.9. The fourth-order valence-corrected chi connectivity index (χ4v) is 1.90. The van der Waals surface area contributed by atoms with Gasteiger partial charge in [-0.3, -0.25) is 14.9 Å². The number of nitro benzene ring substituents is 1. The van der Waals surface area contributed by atoms with Crippen molar-refractivity contribution in [3.8, 4) is 0 Å². The third-order valence-corrected chi connectivity index (χ3v) is 3.07. The summed E-state index contributed by atoms with van der Waals surface area (Å²) in [5, 5.41) is 19.6. The predicted molar refractivity (Wildman–Crippen MR) is 75.8 cm³/mol. The van der Waals surface area contributed by atoms with Crippen molar-refractivity contribution in [1.82, 2.24) is 0 Å². The molecule has 0 bridgehead atoms. The molecule has 0 saturated heterocycles. The molecule has 1 aromatic carbocycles. The summed E-state index contributed by atoms with van der Waals surface area (Å²) in [6.45, 7) is 0.608. The van der Waals surface area contributed by atoms with Gasteiger partial charge in [-0.1, -0.05) is 12.1 Å². The molecular formula is C13H19N3O4. The fourth-order valence-electron chi connectivity index (χ4n) is 1.90. The highest BCUT2D eigenvalue weighted by atomic mass is 16.6. The minimum atomic E-state index is -1.00. The van der Waals surface area contributed by atoms with Crippen LogP contribution in [0.5, 0.6) is 0 Å². The highest BCUT2D eigenvalue weighted by molar-refractivity contribution is 5.72. The normalized spacial score (nSPS) is 11.9. The van der Waals surface area contributed by atoms with Gasteiger partial charge in [0.25, 0.3) is 5.69 Å². The Bertz CT molecular complexity index is 478. The number of para-hydroxylation sites is 2. The molecule has 1 aromatic rings. The monoisotopic (exact) mass is 281 g/mol. The minimum absolute atomic E-state index is 0.0669. The average Bonchev–Trinajstić information content (AvgIpc) is 2.42. The molecule has 0 saturated carbocycles. The Morgan fingerprint density at radius 1 is 1.45 bits per heavy atom. The lowest BCUT2D eigenvalue weighted by Gasteiger charge is -2.19. The van der Waals surface area contributed by atoms with Gasteiger partial charge in [0, 0.05) is 19.7 Å². The number of anilines is 1. The zero-order valence-corrected chi connectivity index (χ0v) is 11.4. The van der Waals surface area contributed by atoms with Crippen molar-refractivity contribution in [3.63, 3.8) is 0 Å². The van der Waals surface area contributed by atoms with Crippen molar-refractivity contribution in [2.75, 3.05) is 18.5 Å². The van der Waals surface area contributed by atoms with Gasteiger partial charge < -0.3 is 15.7 Å². The van der Waals surface area contributed by atoms with Crippen LogP contribution in [0, 0.1) is 10.1 Å². The number of benzene rings is 1. The van der Waals surface area contributed by atoms with Crippen LogP contribution in [0.15, 0.2) is 24.3 Å². The third-order valence-electron chi connectivity index (χ3n) is 3.07. The molecule has 110 valence electrons. The van der Waals surface area contributed by atoms with Crippen LogP contribution >= 0.6 is 0 Å². The summed E-state index contributed by atoms with van der Waals surface area (Å²) >= 11 is 0. The average molecular weight is 281 g/mol. The van der Waals surface area contributed by atoms with Crippen LogP contribution in [-0.4, -0.2) is 35.6 Å². The summed E-state index contributed by atoms with van der Waals surface area (Å²) in [6.07, 6.45) is 1.79. The zero-order chi connectivity index (χ0) is 15.1. The zero-order valence-electron chi connectivity index (χ0n) is 11.4. The van der Waals surface area contributed by atoms with Gasteiger partial charge in [-0.2, -0.15) is 0 Å². The van der Waals surface area contributed by atoms with E-state index in [1.165, 1.54) is 6.07 Å². The maximum absolute atomic E-state index is 10.9. The summed E-state index contributed by atoms with van der Waals surface area (Å²) < 4.78 is 0. The number of hydrogen-bond donors (Lipinski definition) is 2. The Kier molecular flexibility index (Phi) is 5.92. The summed E-state index contributed by atoms with van der Waals surface area (Å²) in [7, 11) is 1.78. The van der Waals surface area contributed by atoms with Gasteiger partial charge in [0.2, 0.25) is 0 Å². The first-order chi connectivity index (χ1) is 9.43. The van der Waals surface area contributed by atoms with E-state index in [2.05, 4.69) is 0 Å². The smallest absolute Gasteiger partial charge is 0.320 e. The van der Waals surface area contributed by atoms with E-state index >= 15 is 0 Å². The van der Waals surface area contributed by atoms with Crippen LogP contribution in [0.3, 0.4) is 0 Å². The van der Waals surface area contributed by atoms with Crippen LogP contribution in [0.4, 0.5) is 11.4 Å². The summed E-state index contributed by atoms with van der Waals surface area (Å²) in [5.41, 5.74) is 6.03. The molecule has 1 atom stereocenters. The van der Waals surface area contributed by atoms with Crippen molar-refractivity contribution < 1.29 is 14.8 Å². The Hall–Kier alpha value is -2.15. The van der Waals surface area contributed by atoms with Gasteiger partial charge in [0.05, 0.1) is 4.92 Å². The standard InChI is InChI=1S/C13H19N3O4/c1-15(9-5-4-6-10(14)13(17)18)11-7-2-3-8-12(11)16(19)20/h2-3,7-8,10H,4-6,9,14H2,1H3,(H,17,18)/t10-/m0/s1. The first-order valence-electron chi connectivity index (χ1n) is 6.36. The molecule has 0 aliphatic rings. The van der Waals surface area contributed by atoms with Gasteiger partial charge >= 0.3 is 5.97 Å². The molecule has 0 radical (unpaired) electrons. The first kappa shape index (κ1) is 15.9. The van der Waals surface area contributed by atoms with E-state index in [-0.39, 0.29) is 5.69 Å². The largest absolute Gasteiger partial charge is 0.480 e. The molecule has 0 aliphatic carbocycles. The fraction of sp³-hybridized carbons (Fsp3) is 0.462. The highest BCUT2D eigenvalue weighted by Gasteiger charge is 2.16. The SMILES string of the molecule is CN(CCCC[C@H](N)C(=O)O)c1ccccc1[N+](=O)[O-]. The molecule has 1 rings (SSSR count). The summed E-state index contributed by atoms with van der Waals surface area (Å²) in [6, 6.07) is 5.69. The number of nitrogens with two attached hydrogens (primary N) is 1. The number of hydrogen-bond acceptors (Lipinski definition) is 5. The number of nitro groups is 1. The van der Waals surface area contributed by atoms with Gasteiger partial charge in [0.1, 0.15) is 11.7 Å². The van der Waals surface area contributed by atoms with E-state index < -0.39 is 16.9 Å². The van der Waals surface area contributed by atoms with Crippen molar-refractivity contribution in [3.05, 3.63) is 34.4 Å². The molecule has 0 aliphatic heterocycles. The molecule has 7 heteroatoms. The van der Waals surface area contributed by atoms with E-state index in [1.54, 1.807) is 30.1 Å². The lowest BCUT2D eigenvalue weighted by molar-refractivity contribution is -0.384.